The number of aryl methyl sites for hydroxylation is 1. The molecule has 2 rings (SSSR count). The Labute approximate surface area is 120 Å². The summed E-state index contributed by atoms with van der Waals surface area (Å²) in [5, 5.41) is 2.66. The van der Waals surface area contributed by atoms with Gasteiger partial charge in [-0.2, -0.15) is 0 Å². The summed E-state index contributed by atoms with van der Waals surface area (Å²) in [6, 6.07) is 9.60. The van der Waals surface area contributed by atoms with Gasteiger partial charge in [-0.25, -0.2) is 8.78 Å². The van der Waals surface area contributed by atoms with Crippen LogP contribution in [0, 0.1) is 18.6 Å². The summed E-state index contributed by atoms with van der Waals surface area (Å²) >= 11 is 0. The lowest BCUT2D eigenvalue weighted by atomic mass is 10.2. The van der Waals surface area contributed by atoms with Crippen molar-refractivity contribution in [2.75, 3.05) is 5.32 Å². The van der Waals surface area contributed by atoms with Crippen molar-refractivity contribution in [2.24, 2.45) is 0 Å². The molecule has 0 saturated carbocycles. The number of benzene rings is 2. The van der Waals surface area contributed by atoms with E-state index in [1.165, 1.54) is 0 Å². The predicted molar refractivity (Wildman–Crippen MR) is 75.9 cm³/mol. The van der Waals surface area contributed by atoms with E-state index in [1.54, 1.807) is 24.3 Å². The van der Waals surface area contributed by atoms with Gasteiger partial charge in [0.1, 0.15) is 0 Å². The van der Waals surface area contributed by atoms with E-state index in [-0.39, 0.29) is 5.56 Å². The Kier molecular flexibility index (Phi) is 4.42. The van der Waals surface area contributed by atoms with E-state index in [9.17, 15) is 23.1 Å². The molecule has 0 aliphatic heterocycles. The topological polar surface area (TPSA) is 69.6 Å². The van der Waals surface area contributed by atoms with Gasteiger partial charge in [-0.3, -0.25) is 4.57 Å². The fourth-order valence-corrected chi connectivity index (χ4v) is 2.72. The number of hydrogen-bond acceptors (Lipinski definition) is 2. The third kappa shape index (κ3) is 3.88. The maximum atomic E-state index is 13.3. The minimum atomic E-state index is -4.61. The molecule has 0 bridgehead atoms. The second-order valence-electron chi connectivity index (χ2n) is 4.68. The van der Waals surface area contributed by atoms with Crippen LogP contribution < -0.4 is 5.32 Å². The Bertz CT molecular complexity index is 685. The highest BCUT2D eigenvalue weighted by atomic mass is 31.2. The first kappa shape index (κ1) is 15.6. The molecule has 0 fully saturated rings. The molecule has 2 aromatic carbocycles. The molecule has 0 amide bonds. The second kappa shape index (κ2) is 5.93. The molecule has 0 heterocycles. The van der Waals surface area contributed by atoms with Crippen LogP contribution in [0.3, 0.4) is 0 Å². The van der Waals surface area contributed by atoms with Gasteiger partial charge < -0.3 is 15.1 Å². The second-order valence-corrected chi connectivity index (χ2v) is 6.37. The van der Waals surface area contributed by atoms with Gasteiger partial charge in [0.25, 0.3) is 0 Å². The molecule has 0 aliphatic carbocycles. The molecule has 112 valence electrons. The van der Waals surface area contributed by atoms with E-state index < -0.39 is 25.0 Å². The molecular formula is C14H14F2NO3P. The summed E-state index contributed by atoms with van der Waals surface area (Å²) in [6.07, 6.45) is 0. The van der Waals surface area contributed by atoms with Crippen molar-refractivity contribution < 1.29 is 23.1 Å². The minimum Gasteiger partial charge on any atom is -0.368 e. The molecule has 1 unspecified atom stereocenters. The normalized spacial score (nSPS) is 13.0. The Morgan fingerprint density at radius 3 is 2.19 bits per heavy atom. The monoisotopic (exact) mass is 313 g/mol. The van der Waals surface area contributed by atoms with Gasteiger partial charge in [0.2, 0.25) is 0 Å². The molecule has 21 heavy (non-hydrogen) atoms. The van der Waals surface area contributed by atoms with E-state index in [2.05, 4.69) is 5.32 Å². The summed E-state index contributed by atoms with van der Waals surface area (Å²) in [5.74, 6) is -3.68. The fourth-order valence-electron chi connectivity index (χ4n) is 1.85. The Morgan fingerprint density at radius 1 is 1.05 bits per heavy atom. The summed E-state index contributed by atoms with van der Waals surface area (Å²) in [5.41, 5.74) is 1.43. The van der Waals surface area contributed by atoms with Crippen LogP contribution in [0.5, 0.6) is 0 Å². The third-order valence-corrected chi connectivity index (χ3v) is 4.05. The van der Waals surface area contributed by atoms with Gasteiger partial charge in [0, 0.05) is 5.69 Å². The van der Waals surface area contributed by atoms with E-state index in [0.29, 0.717) is 5.69 Å². The van der Waals surface area contributed by atoms with Gasteiger partial charge in [-0.1, -0.05) is 23.8 Å². The van der Waals surface area contributed by atoms with Crippen LogP contribution in [0.25, 0.3) is 0 Å². The number of halogens is 2. The van der Waals surface area contributed by atoms with E-state index in [0.717, 1.165) is 23.8 Å². The molecule has 0 aromatic heterocycles. The van der Waals surface area contributed by atoms with Crippen LogP contribution in [0.15, 0.2) is 42.5 Å². The van der Waals surface area contributed by atoms with Gasteiger partial charge in [-0.05, 0) is 36.8 Å². The number of nitrogens with one attached hydrogen (secondary N) is 1. The van der Waals surface area contributed by atoms with Gasteiger partial charge in [-0.15, -0.1) is 0 Å². The fraction of sp³-hybridized carbons (Fsp3) is 0.143. The maximum absolute atomic E-state index is 13.3. The number of hydrogen-bond donors (Lipinski definition) is 3. The van der Waals surface area contributed by atoms with Crippen LogP contribution in [-0.4, -0.2) is 9.79 Å². The smallest absolute Gasteiger partial charge is 0.352 e. The first-order valence-corrected chi connectivity index (χ1v) is 7.79. The Hall–Kier alpha value is -1.75. The van der Waals surface area contributed by atoms with Crippen LogP contribution in [0.1, 0.15) is 16.9 Å². The van der Waals surface area contributed by atoms with Gasteiger partial charge in [0.15, 0.2) is 17.4 Å². The summed E-state index contributed by atoms with van der Waals surface area (Å²) < 4.78 is 37.8. The molecule has 1 atom stereocenters. The van der Waals surface area contributed by atoms with Crippen LogP contribution in [0.4, 0.5) is 14.5 Å². The Morgan fingerprint density at radius 2 is 1.67 bits per heavy atom. The van der Waals surface area contributed by atoms with Crippen molar-refractivity contribution >= 4 is 13.3 Å². The quantitative estimate of drug-likeness (QED) is 0.755. The van der Waals surface area contributed by atoms with Crippen molar-refractivity contribution in [3.05, 3.63) is 65.2 Å². The SMILES string of the molecule is Cc1ccc(NC(c2ccc(F)c(F)c2)P(=O)(O)O)cc1. The highest BCUT2D eigenvalue weighted by Crippen LogP contribution is 2.51. The third-order valence-electron chi connectivity index (χ3n) is 2.95. The number of anilines is 1. The average molecular weight is 313 g/mol. The zero-order chi connectivity index (χ0) is 15.6. The van der Waals surface area contributed by atoms with Crippen LogP contribution in [0.2, 0.25) is 0 Å². The predicted octanol–water partition coefficient (Wildman–Crippen LogP) is 3.56. The molecule has 0 radical (unpaired) electrons. The van der Waals surface area contributed by atoms with E-state index in [1.807, 2.05) is 6.92 Å². The summed E-state index contributed by atoms with van der Waals surface area (Å²) in [7, 11) is -4.61. The largest absolute Gasteiger partial charge is 0.368 e. The molecule has 0 spiro atoms. The maximum Gasteiger partial charge on any atom is 0.352 e. The van der Waals surface area contributed by atoms with Crippen LogP contribution in [-0.2, 0) is 4.57 Å². The highest BCUT2D eigenvalue weighted by Gasteiger charge is 2.31. The lowest BCUT2D eigenvalue weighted by molar-refractivity contribution is 0.363. The first-order valence-electron chi connectivity index (χ1n) is 6.11. The minimum absolute atomic E-state index is 0.0252. The molecule has 0 saturated heterocycles. The van der Waals surface area contributed by atoms with Crippen molar-refractivity contribution in [2.45, 2.75) is 12.7 Å². The lowest BCUT2D eigenvalue weighted by Gasteiger charge is -2.21. The average Bonchev–Trinajstić information content (AvgIpc) is 2.40. The van der Waals surface area contributed by atoms with Gasteiger partial charge in [0.05, 0.1) is 0 Å². The summed E-state index contributed by atoms with van der Waals surface area (Å²) in [4.78, 5) is 18.9. The number of rotatable bonds is 4. The van der Waals surface area contributed by atoms with Crippen molar-refractivity contribution in [1.29, 1.82) is 0 Å². The van der Waals surface area contributed by atoms with E-state index in [4.69, 9.17) is 0 Å². The van der Waals surface area contributed by atoms with Crippen molar-refractivity contribution in [1.82, 2.24) is 0 Å². The van der Waals surface area contributed by atoms with Crippen molar-refractivity contribution in [3.8, 4) is 0 Å². The molecule has 7 heteroatoms. The lowest BCUT2D eigenvalue weighted by Crippen LogP contribution is -2.12. The highest BCUT2D eigenvalue weighted by molar-refractivity contribution is 7.52. The standard InChI is InChI=1S/C14H14F2NO3P/c1-9-2-5-11(6-3-9)17-14(21(18,19)20)10-4-7-12(15)13(16)8-10/h2-8,14,17H,1H3,(H2,18,19,20). The first-order chi connectivity index (χ1) is 9.77. The molecule has 4 nitrogen and oxygen atoms in total. The zero-order valence-electron chi connectivity index (χ0n) is 11.1. The molecule has 0 aliphatic rings. The molecule has 2 aromatic rings. The Balaban J connectivity index is 2.37. The molecule has 3 N–H and O–H groups in total. The summed E-state index contributed by atoms with van der Waals surface area (Å²) in [6.45, 7) is 1.87. The van der Waals surface area contributed by atoms with E-state index >= 15 is 0 Å². The van der Waals surface area contributed by atoms with Crippen LogP contribution >= 0.6 is 7.60 Å². The molecular weight excluding hydrogens is 299 g/mol. The zero-order valence-corrected chi connectivity index (χ0v) is 12.0. The van der Waals surface area contributed by atoms with Gasteiger partial charge >= 0.3 is 7.60 Å². The van der Waals surface area contributed by atoms with Crippen molar-refractivity contribution in [3.63, 3.8) is 0 Å².